The molecule has 0 bridgehead atoms. The van der Waals surface area contributed by atoms with Crippen LogP contribution in [0.1, 0.15) is 59.6 Å². The van der Waals surface area contributed by atoms with Crippen LogP contribution in [0.2, 0.25) is 0 Å². The highest BCUT2D eigenvalue weighted by molar-refractivity contribution is 6.12. The number of aromatic nitrogens is 2. The summed E-state index contributed by atoms with van der Waals surface area (Å²) < 4.78 is 1.75. The lowest BCUT2D eigenvalue weighted by Gasteiger charge is -2.22. The Labute approximate surface area is 227 Å². The summed E-state index contributed by atoms with van der Waals surface area (Å²) >= 11 is 0. The first-order valence-electron chi connectivity index (χ1n) is 12.8. The third-order valence-electron chi connectivity index (χ3n) is 6.49. The van der Waals surface area contributed by atoms with Gasteiger partial charge in [-0.1, -0.05) is 30.3 Å². The number of aryl methyl sites for hydroxylation is 1. The molecule has 1 unspecified atom stereocenters. The first-order valence-corrected chi connectivity index (χ1v) is 12.8. The van der Waals surface area contributed by atoms with E-state index in [1.807, 2.05) is 70.2 Å². The van der Waals surface area contributed by atoms with Gasteiger partial charge in [-0.15, -0.1) is 0 Å². The van der Waals surface area contributed by atoms with E-state index in [1.165, 1.54) is 0 Å². The van der Waals surface area contributed by atoms with Gasteiger partial charge in [-0.3, -0.25) is 19.3 Å². The van der Waals surface area contributed by atoms with Crippen molar-refractivity contribution in [3.8, 4) is 5.75 Å². The highest BCUT2D eigenvalue weighted by Gasteiger charge is 2.29. The molecule has 4 aromatic rings. The quantitative estimate of drug-likeness (QED) is 0.273. The maximum atomic E-state index is 13.1. The monoisotopic (exact) mass is 521 g/mol. The van der Waals surface area contributed by atoms with Crippen molar-refractivity contribution in [1.29, 1.82) is 0 Å². The second kappa shape index (κ2) is 10.2. The number of nitrogens with zero attached hydrogens (tertiary/aromatic N) is 3. The number of anilines is 2. The van der Waals surface area contributed by atoms with E-state index in [-0.39, 0.29) is 23.1 Å². The van der Waals surface area contributed by atoms with Crippen LogP contribution in [0.25, 0.3) is 0 Å². The molecule has 1 atom stereocenters. The number of hydrogen-bond donors (Lipinski definition) is 3. The summed E-state index contributed by atoms with van der Waals surface area (Å²) in [5, 5.41) is 20.1. The van der Waals surface area contributed by atoms with E-state index >= 15 is 0 Å². The van der Waals surface area contributed by atoms with E-state index < -0.39 is 5.92 Å². The molecule has 0 spiro atoms. The summed E-state index contributed by atoms with van der Waals surface area (Å²) in [6.07, 6.45) is 2.24. The van der Waals surface area contributed by atoms with Crippen LogP contribution in [0.15, 0.2) is 77.8 Å². The van der Waals surface area contributed by atoms with E-state index in [0.717, 1.165) is 28.1 Å². The number of phenols is 1. The lowest BCUT2D eigenvalue weighted by atomic mass is 9.96. The van der Waals surface area contributed by atoms with Crippen molar-refractivity contribution in [2.45, 2.75) is 45.6 Å². The van der Waals surface area contributed by atoms with E-state index in [4.69, 9.17) is 0 Å². The van der Waals surface area contributed by atoms with Crippen LogP contribution in [0.3, 0.4) is 0 Å². The predicted molar refractivity (Wildman–Crippen MR) is 153 cm³/mol. The number of carbonyl (C=O) groups excluding carboxylic acids is 2. The number of aromatic hydroxyl groups is 1. The van der Waals surface area contributed by atoms with Crippen LogP contribution in [-0.2, 0) is 16.8 Å². The average Bonchev–Trinajstić information content (AvgIpc) is 3.42. The number of fused-ring (bicyclic) bond motifs is 1. The van der Waals surface area contributed by atoms with Gasteiger partial charge in [-0.2, -0.15) is 5.10 Å². The van der Waals surface area contributed by atoms with E-state index in [0.29, 0.717) is 23.5 Å². The van der Waals surface area contributed by atoms with Crippen LogP contribution >= 0.6 is 0 Å². The summed E-state index contributed by atoms with van der Waals surface area (Å²) in [5.74, 6) is -0.750. The van der Waals surface area contributed by atoms with Crippen molar-refractivity contribution in [2.24, 2.45) is 4.99 Å². The maximum absolute atomic E-state index is 13.1. The lowest BCUT2D eigenvalue weighted by molar-refractivity contribution is -0.115. The zero-order valence-electron chi connectivity index (χ0n) is 22.4. The zero-order valence-corrected chi connectivity index (χ0v) is 22.4. The van der Waals surface area contributed by atoms with Crippen molar-refractivity contribution in [3.05, 3.63) is 101 Å². The summed E-state index contributed by atoms with van der Waals surface area (Å²) in [6.45, 7) is 7.92. The molecule has 1 aliphatic heterocycles. The van der Waals surface area contributed by atoms with Crippen molar-refractivity contribution >= 4 is 35.1 Å². The fraction of sp³-hybridized carbons (Fsp3) is 0.226. The molecule has 1 aliphatic rings. The van der Waals surface area contributed by atoms with Crippen molar-refractivity contribution < 1.29 is 14.7 Å². The summed E-state index contributed by atoms with van der Waals surface area (Å²) in [4.78, 5) is 30.2. The SMILES string of the molecule is Cc1cc(C(=O)Nc2cccc(Cc3ccc4c(c3)C(C=Nc3cccc(O)c3)C(=O)N4)c2)n(C(C)(C)C)n1. The Bertz CT molecular complexity index is 1600. The third-order valence-corrected chi connectivity index (χ3v) is 6.49. The van der Waals surface area contributed by atoms with Gasteiger partial charge < -0.3 is 15.7 Å². The van der Waals surface area contributed by atoms with Crippen molar-refractivity contribution in [1.82, 2.24) is 9.78 Å². The summed E-state index contributed by atoms with van der Waals surface area (Å²) in [5.41, 5.74) is 5.94. The molecule has 8 heteroatoms. The minimum absolute atomic E-state index is 0.122. The summed E-state index contributed by atoms with van der Waals surface area (Å²) in [7, 11) is 0. The van der Waals surface area contributed by atoms with Gasteiger partial charge in [-0.05, 0) is 87.2 Å². The Balaban J connectivity index is 1.33. The van der Waals surface area contributed by atoms with Gasteiger partial charge in [0.1, 0.15) is 17.4 Å². The fourth-order valence-corrected chi connectivity index (χ4v) is 4.69. The van der Waals surface area contributed by atoms with E-state index in [1.54, 1.807) is 41.2 Å². The molecule has 8 nitrogen and oxygen atoms in total. The molecule has 2 heterocycles. The van der Waals surface area contributed by atoms with Crippen LogP contribution in [0.5, 0.6) is 5.75 Å². The Kier molecular flexibility index (Phi) is 6.78. The topological polar surface area (TPSA) is 109 Å². The number of nitrogens with one attached hydrogen (secondary N) is 2. The van der Waals surface area contributed by atoms with Crippen LogP contribution in [-0.4, -0.2) is 32.9 Å². The molecule has 3 aromatic carbocycles. The molecule has 0 saturated carbocycles. The number of benzene rings is 3. The van der Waals surface area contributed by atoms with Gasteiger partial charge in [0.15, 0.2) is 0 Å². The minimum atomic E-state index is -0.524. The molecule has 1 aromatic heterocycles. The van der Waals surface area contributed by atoms with Gasteiger partial charge in [0.2, 0.25) is 5.91 Å². The lowest BCUT2D eigenvalue weighted by Crippen LogP contribution is -2.29. The zero-order chi connectivity index (χ0) is 27.7. The fourth-order valence-electron chi connectivity index (χ4n) is 4.69. The molecular weight excluding hydrogens is 490 g/mol. The van der Waals surface area contributed by atoms with Gasteiger partial charge in [0.05, 0.1) is 16.9 Å². The van der Waals surface area contributed by atoms with E-state index in [9.17, 15) is 14.7 Å². The molecule has 0 aliphatic carbocycles. The highest BCUT2D eigenvalue weighted by Crippen LogP contribution is 2.33. The molecule has 198 valence electrons. The molecule has 0 radical (unpaired) electrons. The standard InChI is InChI=1S/C31H31N5O3/c1-19-13-28(36(35-19)31(2,3)4)30(39)33-23-9-5-7-20(15-23)14-21-11-12-27-25(16-21)26(29(38)34-27)18-32-22-8-6-10-24(37)17-22/h5-13,15-18,26,37H,14H2,1-4H3,(H,33,39)(H,34,38). The molecular formula is C31H31N5O3. The molecule has 2 amide bonds. The molecule has 5 rings (SSSR count). The Morgan fingerprint density at radius 3 is 2.62 bits per heavy atom. The first-order chi connectivity index (χ1) is 18.6. The number of rotatable bonds is 6. The Hall–Kier alpha value is -4.72. The van der Waals surface area contributed by atoms with Gasteiger partial charge in [0, 0.05) is 23.7 Å². The first kappa shape index (κ1) is 25.9. The summed E-state index contributed by atoms with van der Waals surface area (Å²) in [6, 6.07) is 22.1. The smallest absolute Gasteiger partial charge is 0.273 e. The van der Waals surface area contributed by atoms with Gasteiger partial charge >= 0.3 is 0 Å². The minimum Gasteiger partial charge on any atom is -0.508 e. The molecule has 39 heavy (non-hydrogen) atoms. The molecule has 0 fully saturated rings. The highest BCUT2D eigenvalue weighted by atomic mass is 16.3. The number of aliphatic imine (C=N–C) groups is 1. The third kappa shape index (κ3) is 5.75. The second-order valence-electron chi connectivity index (χ2n) is 10.8. The Morgan fingerprint density at radius 2 is 1.85 bits per heavy atom. The largest absolute Gasteiger partial charge is 0.508 e. The second-order valence-corrected chi connectivity index (χ2v) is 10.8. The number of amides is 2. The number of phenolic OH excluding ortho intramolecular Hbond substituents is 1. The molecule has 0 saturated heterocycles. The average molecular weight is 522 g/mol. The van der Waals surface area contributed by atoms with Crippen molar-refractivity contribution in [3.63, 3.8) is 0 Å². The van der Waals surface area contributed by atoms with Crippen LogP contribution in [0.4, 0.5) is 17.1 Å². The van der Waals surface area contributed by atoms with Crippen LogP contribution in [0, 0.1) is 6.92 Å². The van der Waals surface area contributed by atoms with Crippen LogP contribution < -0.4 is 10.6 Å². The number of carbonyl (C=O) groups is 2. The molecule has 3 N–H and O–H groups in total. The maximum Gasteiger partial charge on any atom is 0.273 e. The van der Waals surface area contributed by atoms with Gasteiger partial charge in [0.25, 0.3) is 5.91 Å². The van der Waals surface area contributed by atoms with E-state index in [2.05, 4.69) is 20.7 Å². The van der Waals surface area contributed by atoms with Gasteiger partial charge in [-0.25, -0.2) is 0 Å². The predicted octanol–water partition coefficient (Wildman–Crippen LogP) is 5.93. The number of hydrogen-bond acceptors (Lipinski definition) is 5. The Morgan fingerprint density at radius 1 is 1.08 bits per heavy atom. The van der Waals surface area contributed by atoms with Crippen molar-refractivity contribution in [2.75, 3.05) is 10.6 Å². The normalized spacial score (nSPS) is 14.9.